The third-order valence-corrected chi connectivity index (χ3v) is 5.47. The van der Waals surface area contributed by atoms with E-state index >= 15 is 0 Å². The van der Waals surface area contributed by atoms with Gasteiger partial charge in [-0.3, -0.25) is 4.79 Å². The van der Waals surface area contributed by atoms with Gasteiger partial charge in [-0.05, 0) is 53.2 Å². The minimum atomic E-state index is -0.806. The number of benzene rings is 1. The van der Waals surface area contributed by atoms with Crippen LogP contribution >= 0.6 is 15.9 Å². The molecule has 0 aliphatic heterocycles. The Hall–Kier alpha value is -1.36. The van der Waals surface area contributed by atoms with Gasteiger partial charge in [-0.25, -0.2) is 4.79 Å². The molecule has 1 fully saturated rings. The molecule has 0 radical (unpaired) electrons. The summed E-state index contributed by atoms with van der Waals surface area (Å²) in [6, 6.07) is 7.18. The highest BCUT2D eigenvalue weighted by molar-refractivity contribution is 9.10. The topological polar surface area (TPSA) is 55.4 Å². The van der Waals surface area contributed by atoms with Crippen molar-refractivity contribution in [1.82, 2.24) is 5.32 Å². The highest BCUT2D eigenvalue weighted by Crippen LogP contribution is 2.29. The van der Waals surface area contributed by atoms with Gasteiger partial charge in [-0.15, -0.1) is 0 Å². The molecule has 1 aliphatic carbocycles. The summed E-state index contributed by atoms with van der Waals surface area (Å²) >= 11 is 3.32. The predicted octanol–water partition coefficient (Wildman–Crippen LogP) is 3.94. The fourth-order valence-electron chi connectivity index (χ4n) is 2.99. The maximum absolute atomic E-state index is 12.3. The molecule has 1 aromatic rings. The van der Waals surface area contributed by atoms with Gasteiger partial charge in [0.15, 0.2) is 6.10 Å². The SMILES string of the molecule is C[C@@H]1[C@H](C)CCC[C@@H]1NC(=O)[C@@H](C)OC(=O)c1ccccc1Br. The first-order valence-corrected chi connectivity index (χ1v) is 8.95. The van der Waals surface area contributed by atoms with Crippen LogP contribution in [0.15, 0.2) is 28.7 Å². The molecule has 0 heterocycles. The quantitative estimate of drug-likeness (QED) is 0.803. The Kier molecular flexibility index (Phi) is 6.22. The zero-order chi connectivity index (χ0) is 17.0. The molecule has 2 rings (SSSR count). The number of amides is 1. The van der Waals surface area contributed by atoms with E-state index in [-0.39, 0.29) is 11.9 Å². The van der Waals surface area contributed by atoms with E-state index < -0.39 is 12.1 Å². The molecule has 0 bridgehead atoms. The predicted molar refractivity (Wildman–Crippen MR) is 93.1 cm³/mol. The van der Waals surface area contributed by atoms with Crippen LogP contribution in [0, 0.1) is 11.8 Å². The monoisotopic (exact) mass is 381 g/mol. The first-order valence-electron chi connectivity index (χ1n) is 8.16. The van der Waals surface area contributed by atoms with Crippen molar-refractivity contribution < 1.29 is 14.3 Å². The van der Waals surface area contributed by atoms with Crippen molar-refractivity contribution in [3.05, 3.63) is 34.3 Å². The van der Waals surface area contributed by atoms with Crippen LogP contribution in [0.4, 0.5) is 0 Å². The molecule has 4 nitrogen and oxygen atoms in total. The lowest BCUT2D eigenvalue weighted by atomic mass is 9.78. The van der Waals surface area contributed by atoms with E-state index in [0.717, 1.165) is 12.8 Å². The fraction of sp³-hybridized carbons (Fsp3) is 0.556. The summed E-state index contributed by atoms with van der Waals surface area (Å²) in [5.41, 5.74) is 0.423. The van der Waals surface area contributed by atoms with E-state index in [2.05, 4.69) is 35.1 Å². The molecular weight excluding hydrogens is 358 g/mol. The maximum atomic E-state index is 12.3. The van der Waals surface area contributed by atoms with Crippen LogP contribution in [0.25, 0.3) is 0 Å². The number of hydrogen-bond acceptors (Lipinski definition) is 3. The zero-order valence-corrected chi connectivity index (χ0v) is 15.4. The molecule has 0 unspecified atom stereocenters. The summed E-state index contributed by atoms with van der Waals surface area (Å²) in [7, 11) is 0. The van der Waals surface area contributed by atoms with Gasteiger partial charge in [0.1, 0.15) is 0 Å². The van der Waals surface area contributed by atoms with Crippen LogP contribution in [0.2, 0.25) is 0 Å². The van der Waals surface area contributed by atoms with Crippen molar-refractivity contribution in [2.45, 2.75) is 52.2 Å². The van der Waals surface area contributed by atoms with Crippen molar-refractivity contribution in [2.24, 2.45) is 11.8 Å². The van der Waals surface area contributed by atoms with Gasteiger partial charge in [-0.2, -0.15) is 0 Å². The molecule has 1 aliphatic rings. The highest BCUT2D eigenvalue weighted by atomic mass is 79.9. The van der Waals surface area contributed by atoms with Crippen molar-refractivity contribution >= 4 is 27.8 Å². The molecule has 0 saturated heterocycles. The number of nitrogens with one attached hydrogen (secondary N) is 1. The second-order valence-corrected chi connectivity index (χ2v) is 7.26. The van der Waals surface area contributed by atoms with Crippen molar-refractivity contribution in [2.75, 3.05) is 0 Å². The third kappa shape index (κ3) is 4.56. The van der Waals surface area contributed by atoms with Gasteiger partial charge in [0.05, 0.1) is 5.56 Å². The molecule has 1 N–H and O–H groups in total. The van der Waals surface area contributed by atoms with Gasteiger partial charge < -0.3 is 10.1 Å². The fourth-order valence-corrected chi connectivity index (χ4v) is 3.44. The van der Waals surface area contributed by atoms with Crippen LogP contribution in [0.3, 0.4) is 0 Å². The average molecular weight is 382 g/mol. The summed E-state index contributed by atoms with van der Waals surface area (Å²) in [4.78, 5) is 24.5. The minimum absolute atomic E-state index is 0.163. The van der Waals surface area contributed by atoms with E-state index in [4.69, 9.17) is 4.74 Å². The van der Waals surface area contributed by atoms with Crippen LogP contribution in [0.5, 0.6) is 0 Å². The van der Waals surface area contributed by atoms with Crippen LogP contribution in [-0.4, -0.2) is 24.0 Å². The van der Waals surface area contributed by atoms with Crippen LogP contribution < -0.4 is 5.32 Å². The summed E-state index contributed by atoms with van der Waals surface area (Å²) in [5.74, 6) is 0.326. The lowest BCUT2D eigenvalue weighted by molar-refractivity contribution is -0.130. The van der Waals surface area contributed by atoms with E-state index in [1.54, 1.807) is 25.1 Å². The lowest BCUT2D eigenvalue weighted by Gasteiger charge is -2.35. The Labute approximate surface area is 146 Å². The van der Waals surface area contributed by atoms with Gasteiger partial charge >= 0.3 is 5.97 Å². The Morgan fingerprint density at radius 3 is 2.65 bits per heavy atom. The number of esters is 1. The first kappa shape index (κ1) is 18.0. The minimum Gasteiger partial charge on any atom is -0.449 e. The van der Waals surface area contributed by atoms with Gasteiger partial charge in [0.25, 0.3) is 5.91 Å². The van der Waals surface area contributed by atoms with Crippen LogP contribution in [-0.2, 0) is 9.53 Å². The number of ether oxygens (including phenoxy) is 1. The Morgan fingerprint density at radius 2 is 1.96 bits per heavy atom. The molecule has 4 atom stereocenters. The van der Waals surface area contributed by atoms with E-state index in [9.17, 15) is 9.59 Å². The molecule has 23 heavy (non-hydrogen) atoms. The average Bonchev–Trinajstić information content (AvgIpc) is 2.52. The maximum Gasteiger partial charge on any atom is 0.340 e. The van der Waals surface area contributed by atoms with Gasteiger partial charge in [-0.1, -0.05) is 38.8 Å². The molecule has 0 spiro atoms. The lowest BCUT2D eigenvalue weighted by Crippen LogP contribution is -2.47. The van der Waals surface area contributed by atoms with Gasteiger partial charge in [0, 0.05) is 10.5 Å². The smallest absolute Gasteiger partial charge is 0.340 e. The molecule has 1 amide bonds. The number of carbonyl (C=O) groups excluding carboxylic acids is 2. The Bertz CT molecular complexity index is 575. The third-order valence-electron chi connectivity index (χ3n) is 4.78. The molecule has 5 heteroatoms. The van der Waals surface area contributed by atoms with Crippen molar-refractivity contribution in [3.63, 3.8) is 0 Å². The highest BCUT2D eigenvalue weighted by Gasteiger charge is 2.30. The normalized spacial score (nSPS) is 25.5. The zero-order valence-electron chi connectivity index (χ0n) is 13.8. The molecular formula is C18H24BrNO3. The summed E-state index contributed by atoms with van der Waals surface area (Å²) in [6.07, 6.45) is 2.52. The van der Waals surface area contributed by atoms with E-state index in [0.29, 0.717) is 21.9 Å². The van der Waals surface area contributed by atoms with Crippen LogP contribution in [0.1, 0.15) is 50.4 Å². The summed E-state index contributed by atoms with van der Waals surface area (Å²) in [5, 5.41) is 3.04. The number of hydrogen-bond donors (Lipinski definition) is 1. The number of carbonyl (C=O) groups is 2. The largest absolute Gasteiger partial charge is 0.449 e. The summed E-state index contributed by atoms with van der Waals surface area (Å²) in [6.45, 7) is 6.01. The second-order valence-electron chi connectivity index (χ2n) is 6.41. The standard InChI is InChI=1S/C18H24BrNO3/c1-11-7-6-10-16(12(11)2)20-17(21)13(3)23-18(22)14-8-4-5-9-15(14)19/h4-5,8-9,11-13,16H,6-7,10H2,1-3H3,(H,20,21)/t11-,12-,13-,16+/m1/s1. The molecule has 0 aromatic heterocycles. The van der Waals surface area contributed by atoms with Crippen molar-refractivity contribution in [1.29, 1.82) is 0 Å². The Balaban J connectivity index is 1.92. The number of rotatable bonds is 4. The summed E-state index contributed by atoms with van der Waals surface area (Å²) < 4.78 is 5.96. The van der Waals surface area contributed by atoms with Gasteiger partial charge in [0.2, 0.25) is 0 Å². The Morgan fingerprint density at radius 1 is 1.26 bits per heavy atom. The first-order chi connectivity index (χ1) is 10.9. The molecule has 1 saturated carbocycles. The molecule has 126 valence electrons. The molecule has 1 aromatic carbocycles. The van der Waals surface area contributed by atoms with Crippen molar-refractivity contribution in [3.8, 4) is 0 Å². The van der Waals surface area contributed by atoms with E-state index in [1.807, 2.05) is 6.07 Å². The van der Waals surface area contributed by atoms with E-state index in [1.165, 1.54) is 6.42 Å². The number of halogens is 1. The second kappa shape index (κ2) is 7.95.